The number of carbonyl (C=O) groups is 2. The number of benzene rings is 2. The zero-order valence-corrected chi connectivity index (χ0v) is 20.3. The molecule has 1 amide bonds. The molecule has 0 N–H and O–H groups in total. The summed E-state index contributed by atoms with van der Waals surface area (Å²) in [4.78, 5) is 32.3. The third-order valence-electron chi connectivity index (χ3n) is 6.18. The zero-order chi connectivity index (χ0) is 24.8. The standard InChI is InChI=1S/C27H30N2O6/c1-32-23-14-18(15-24(33-2)26(23)34-3)22-16-20(19-10-6-7-11-21(19)28-22)27(31)35-17-25(30)29-12-8-4-5-9-13-29/h6-7,10-11,14-16H,4-5,8-9,12-13,17H2,1-3H3. The molecule has 4 rings (SSSR count). The molecule has 0 bridgehead atoms. The van der Waals surface area contributed by atoms with E-state index in [0.29, 0.717) is 58.1 Å². The molecule has 1 aromatic heterocycles. The summed E-state index contributed by atoms with van der Waals surface area (Å²) in [5.41, 5.74) is 2.18. The van der Waals surface area contributed by atoms with Crippen LogP contribution in [0.15, 0.2) is 42.5 Å². The minimum absolute atomic E-state index is 0.163. The lowest BCUT2D eigenvalue weighted by Crippen LogP contribution is -2.35. The van der Waals surface area contributed by atoms with Gasteiger partial charge in [-0.2, -0.15) is 0 Å². The summed E-state index contributed by atoms with van der Waals surface area (Å²) in [6.07, 6.45) is 4.20. The summed E-state index contributed by atoms with van der Waals surface area (Å²) in [5, 5.41) is 0.649. The van der Waals surface area contributed by atoms with Crippen molar-refractivity contribution in [3.8, 4) is 28.5 Å². The average molecular weight is 479 g/mol. The highest BCUT2D eigenvalue weighted by Crippen LogP contribution is 2.41. The number of pyridine rings is 1. The minimum Gasteiger partial charge on any atom is -0.493 e. The average Bonchev–Trinajstić information content (AvgIpc) is 3.19. The molecular formula is C27H30N2O6. The number of amides is 1. The summed E-state index contributed by atoms with van der Waals surface area (Å²) in [6.45, 7) is 1.13. The molecule has 2 aromatic carbocycles. The van der Waals surface area contributed by atoms with E-state index in [-0.39, 0.29) is 12.5 Å². The maximum Gasteiger partial charge on any atom is 0.339 e. The maximum atomic E-state index is 13.2. The molecule has 184 valence electrons. The van der Waals surface area contributed by atoms with Crippen LogP contribution in [0.1, 0.15) is 36.0 Å². The third kappa shape index (κ3) is 5.31. The van der Waals surface area contributed by atoms with Crippen LogP contribution in [0.25, 0.3) is 22.2 Å². The van der Waals surface area contributed by atoms with Gasteiger partial charge in [-0.1, -0.05) is 31.0 Å². The van der Waals surface area contributed by atoms with E-state index in [1.54, 1.807) is 37.3 Å². The fraction of sp³-hybridized carbons (Fsp3) is 0.370. The minimum atomic E-state index is -0.569. The van der Waals surface area contributed by atoms with Crippen molar-refractivity contribution in [3.63, 3.8) is 0 Å². The largest absolute Gasteiger partial charge is 0.493 e. The molecule has 0 saturated carbocycles. The second-order valence-corrected chi connectivity index (χ2v) is 8.36. The number of nitrogens with zero attached hydrogens (tertiary/aromatic N) is 2. The normalized spacial score (nSPS) is 13.7. The van der Waals surface area contributed by atoms with Gasteiger partial charge >= 0.3 is 5.97 Å². The summed E-state index contributed by atoms with van der Waals surface area (Å²) in [5.74, 6) is 0.683. The van der Waals surface area contributed by atoms with Gasteiger partial charge < -0.3 is 23.8 Å². The van der Waals surface area contributed by atoms with E-state index < -0.39 is 5.97 Å². The second kappa shape index (κ2) is 11.1. The van der Waals surface area contributed by atoms with E-state index in [0.717, 1.165) is 25.7 Å². The molecule has 0 atom stereocenters. The van der Waals surface area contributed by atoms with Gasteiger partial charge in [0.2, 0.25) is 5.75 Å². The van der Waals surface area contributed by atoms with E-state index in [9.17, 15) is 9.59 Å². The van der Waals surface area contributed by atoms with Crippen LogP contribution in [0.3, 0.4) is 0 Å². The number of esters is 1. The molecule has 2 heterocycles. The fourth-order valence-corrected chi connectivity index (χ4v) is 4.34. The molecule has 3 aromatic rings. The van der Waals surface area contributed by atoms with Crippen molar-refractivity contribution in [1.82, 2.24) is 9.88 Å². The van der Waals surface area contributed by atoms with Gasteiger partial charge in [0.1, 0.15) is 0 Å². The number of fused-ring (bicyclic) bond motifs is 1. The smallest absolute Gasteiger partial charge is 0.339 e. The molecule has 0 aliphatic carbocycles. The Morgan fingerprint density at radius 1 is 0.886 bits per heavy atom. The molecule has 35 heavy (non-hydrogen) atoms. The lowest BCUT2D eigenvalue weighted by atomic mass is 10.0. The number of aromatic nitrogens is 1. The van der Waals surface area contributed by atoms with Gasteiger partial charge in [0.05, 0.1) is 38.1 Å². The lowest BCUT2D eigenvalue weighted by molar-refractivity contribution is -0.134. The molecular weight excluding hydrogens is 448 g/mol. The maximum absolute atomic E-state index is 13.2. The Labute approximate surface area is 204 Å². The molecule has 8 nitrogen and oxygen atoms in total. The first kappa shape index (κ1) is 24.3. The van der Waals surface area contributed by atoms with E-state index in [1.807, 2.05) is 24.3 Å². The Balaban J connectivity index is 1.66. The van der Waals surface area contributed by atoms with Crippen LogP contribution < -0.4 is 14.2 Å². The van der Waals surface area contributed by atoms with Gasteiger partial charge in [0.25, 0.3) is 5.91 Å². The first-order valence-corrected chi connectivity index (χ1v) is 11.7. The van der Waals surface area contributed by atoms with Crippen LogP contribution in [-0.4, -0.2) is 62.8 Å². The van der Waals surface area contributed by atoms with Crippen molar-refractivity contribution >= 4 is 22.8 Å². The third-order valence-corrected chi connectivity index (χ3v) is 6.18. The molecule has 8 heteroatoms. The second-order valence-electron chi connectivity index (χ2n) is 8.36. The highest BCUT2D eigenvalue weighted by atomic mass is 16.5. The Morgan fingerprint density at radius 3 is 2.17 bits per heavy atom. The van der Waals surface area contributed by atoms with Crippen LogP contribution in [0.2, 0.25) is 0 Å². The van der Waals surface area contributed by atoms with Crippen LogP contribution in [-0.2, 0) is 9.53 Å². The summed E-state index contributed by atoms with van der Waals surface area (Å²) in [7, 11) is 4.62. The predicted octanol–water partition coefficient (Wildman–Crippen LogP) is 4.49. The number of hydrogen-bond acceptors (Lipinski definition) is 7. The Bertz CT molecular complexity index is 1190. The molecule has 1 saturated heterocycles. The Morgan fingerprint density at radius 2 is 1.54 bits per heavy atom. The topological polar surface area (TPSA) is 87.2 Å². The lowest BCUT2D eigenvalue weighted by Gasteiger charge is -2.20. The van der Waals surface area contributed by atoms with E-state index in [2.05, 4.69) is 0 Å². The van der Waals surface area contributed by atoms with Crippen molar-refractivity contribution in [2.75, 3.05) is 41.0 Å². The molecule has 0 radical (unpaired) electrons. The van der Waals surface area contributed by atoms with Crippen LogP contribution in [0, 0.1) is 0 Å². The molecule has 0 unspecified atom stereocenters. The van der Waals surface area contributed by atoms with Gasteiger partial charge in [0.15, 0.2) is 18.1 Å². The van der Waals surface area contributed by atoms with Crippen molar-refractivity contribution in [3.05, 3.63) is 48.0 Å². The fourth-order valence-electron chi connectivity index (χ4n) is 4.34. The summed E-state index contributed by atoms with van der Waals surface area (Å²) < 4.78 is 21.8. The zero-order valence-electron chi connectivity index (χ0n) is 20.3. The highest BCUT2D eigenvalue weighted by molar-refractivity contribution is 6.05. The number of carbonyl (C=O) groups excluding carboxylic acids is 2. The Kier molecular flexibility index (Phi) is 7.70. The quantitative estimate of drug-likeness (QED) is 0.463. The van der Waals surface area contributed by atoms with Gasteiger partial charge in [-0.3, -0.25) is 4.79 Å². The first-order chi connectivity index (χ1) is 17.0. The van der Waals surface area contributed by atoms with Crippen molar-refractivity contribution in [2.24, 2.45) is 0 Å². The molecule has 1 fully saturated rings. The number of likely N-dealkylation sites (tertiary alicyclic amines) is 1. The summed E-state index contributed by atoms with van der Waals surface area (Å²) >= 11 is 0. The number of methoxy groups -OCH3 is 3. The SMILES string of the molecule is COc1cc(-c2cc(C(=O)OCC(=O)N3CCCCCC3)c3ccccc3n2)cc(OC)c1OC. The highest BCUT2D eigenvalue weighted by Gasteiger charge is 2.21. The van der Waals surface area contributed by atoms with Gasteiger partial charge in [0, 0.05) is 24.0 Å². The van der Waals surface area contributed by atoms with Gasteiger partial charge in [-0.25, -0.2) is 9.78 Å². The van der Waals surface area contributed by atoms with E-state index in [1.165, 1.54) is 7.11 Å². The van der Waals surface area contributed by atoms with Gasteiger partial charge in [-0.05, 0) is 37.1 Å². The number of ether oxygens (including phenoxy) is 4. The van der Waals surface area contributed by atoms with Crippen molar-refractivity contribution < 1.29 is 28.5 Å². The number of hydrogen-bond donors (Lipinski definition) is 0. The monoisotopic (exact) mass is 478 g/mol. The van der Waals surface area contributed by atoms with Gasteiger partial charge in [-0.15, -0.1) is 0 Å². The van der Waals surface area contributed by atoms with Crippen molar-refractivity contribution in [2.45, 2.75) is 25.7 Å². The molecule has 0 spiro atoms. The Hall–Kier alpha value is -3.81. The van der Waals surface area contributed by atoms with Crippen LogP contribution in [0.5, 0.6) is 17.2 Å². The predicted molar refractivity (Wildman–Crippen MR) is 132 cm³/mol. The summed E-state index contributed by atoms with van der Waals surface area (Å²) in [6, 6.07) is 12.5. The van der Waals surface area contributed by atoms with E-state index in [4.69, 9.17) is 23.9 Å². The number of para-hydroxylation sites is 1. The van der Waals surface area contributed by atoms with Crippen molar-refractivity contribution in [1.29, 1.82) is 0 Å². The first-order valence-electron chi connectivity index (χ1n) is 11.7. The van der Waals surface area contributed by atoms with Crippen LogP contribution in [0.4, 0.5) is 0 Å². The molecule has 1 aliphatic heterocycles. The molecule has 1 aliphatic rings. The van der Waals surface area contributed by atoms with E-state index >= 15 is 0 Å². The number of rotatable bonds is 7. The van der Waals surface area contributed by atoms with Crippen LogP contribution >= 0.6 is 0 Å².